The van der Waals surface area contributed by atoms with Crippen LogP contribution in [0.2, 0.25) is 0 Å². The summed E-state index contributed by atoms with van der Waals surface area (Å²) in [7, 11) is 0. The van der Waals surface area contributed by atoms with Crippen molar-refractivity contribution in [1.29, 1.82) is 0 Å². The van der Waals surface area contributed by atoms with E-state index in [9.17, 15) is 9.59 Å². The molecule has 2 aromatic carbocycles. The van der Waals surface area contributed by atoms with E-state index in [4.69, 9.17) is 18.9 Å². The lowest BCUT2D eigenvalue weighted by Gasteiger charge is -2.18. The molecule has 2 saturated heterocycles. The van der Waals surface area contributed by atoms with Crippen LogP contribution in [0.25, 0.3) is 0 Å². The highest BCUT2D eigenvalue weighted by molar-refractivity contribution is 7.12. The number of nitrogens with one attached hydrogen (secondary N) is 2. The zero-order chi connectivity index (χ0) is 22.6. The van der Waals surface area contributed by atoms with E-state index in [2.05, 4.69) is 10.6 Å². The topological polar surface area (TPSA) is 95.1 Å². The zero-order valence-electron chi connectivity index (χ0n) is 17.5. The molecule has 2 amide bonds. The molecule has 2 fully saturated rings. The minimum absolute atomic E-state index is 0.162. The molecule has 3 heterocycles. The number of ether oxygens (including phenoxy) is 4. The summed E-state index contributed by atoms with van der Waals surface area (Å²) in [5, 5.41) is 7.50. The van der Waals surface area contributed by atoms with Gasteiger partial charge >= 0.3 is 6.09 Å². The molecule has 3 aromatic rings. The maximum Gasteiger partial charge on any atom is 0.412 e. The number of benzene rings is 2. The van der Waals surface area contributed by atoms with Crippen LogP contribution < -0.4 is 15.4 Å². The lowest BCUT2D eigenvalue weighted by molar-refractivity contribution is 0.00862. The Morgan fingerprint density at radius 2 is 1.64 bits per heavy atom. The monoisotopic (exact) mass is 466 g/mol. The molecule has 8 nitrogen and oxygen atoms in total. The number of para-hydroxylation sites is 1. The average molecular weight is 467 g/mol. The second-order valence-electron chi connectivity index (χ2n) is 7.66. The first-order chi connectivity index (χ1) is 16.2. The third-order valence-corrected chi connectivity index (χ3v) is 6.28. The molecule has 0 saturated carbocycles. The third-order valence-electron chi connectivity index (χ3n) is 5.41. The summed E-state index contributed by atoms with van der Waals surface area (Å²) in [5.41, 5.74) is 0.573. The van der Waals surface area contributed by atoms with E-state index in [1.54, 1.807) is 30.3 Å². The summed E-state index contributed by atoms with van der Waals surface area (Å²) in [6.45, 7) is 0.509. The molecule has 9 heteroatoms. The van der Waals surface area contributed by atoms with E-state index < -0.39 is 18.3 Å². The highest BCUT2D eigenvalue weighted by Gasteiger charge is 2.50. The molecular weight excluding hydrogens is 444 g/mol. The van der Waals surface area contributed by atoms with Gasteiger partial charge in [0.25, 0.3) is 5.91 Å². The van der Waals surface area contributed by atoms with E-state index in [0.29, 0.717) is 22.9 Å². The molecule has 2 N–H and O–H groups in total. The van der Waals surface area contributed by atoms with Gasteiger partial charge in [-0.25, -0.2) is 4.79 Å². The van der Waals surface area contributed by atoms with Gasteiger partial charge in [0.1, 0.15) is 23.7 Å². The molecule has 4 atom stereocenters. The molecule has 0 radical (unpaired) electrons. The quantitative estimate of drug-likeness (QED) is 0.569. The standard InChI is InChI=1S/C24H22N2O6S/c27-23(20-7-4-12-33-20)26-18-13-29-22-19(14-30-21(18)22)32-24(28)25-15-8-10-17(11-9-15)31-16-5-2-1-3-6-16/h1-12,18-19,21-22H,13-14H2,(H,25,28)(H,26,27)/t18-,19-,21-,22+/m0/s1. The predicted molar refractivity (Wildman–Crippen MR) is 122 cm³/mol. The molecule has 170 valence electrons. The fourth-order valence-electron chi connectivity index (χ4n) is 3.85. The molecule has 33 heavy (non-hydrogen) atoms. The van der Waals surface area contributed by atoms with Crippen LogP contribution in [-0.4, -0.2) is 49.6 Å². The third kappa shape index (κ3) is 5.00. The Morgan fingerprint density at radius 3 is 2.39 bits per heavy atom. The molecule has 2 aliphatic rings. The summed E-state index contributed by atoms with van der Waals surface area (Å²) >= 11 is 1.37. The van der Waals surface area contributed by atoms with Crippen molar-refractivity contribution in [2.75, 3.05) is 18.5 Å². The summed E-state index contributed by atoms with van der Waals surface area (Å²) < 4.78 is 22.9. The highest BCUT2D eigenvalue weighted by atomic mass is 32.1. The molecule has 1 aromatic heterocycles. The SMILES string of the molecule is O=C(Nc1ccc(Oc2ccccc2)cc1)O[C@H]1CO[C@@H]2[C@@H]1OC[C@@H]2NC(=O)c1cccs1. The Bertz CT molecular complexity index is 1090. The minimum atomic E-state index is -0.601. The number of amides is 2. The van der Waals surface area contributed by atoms with Crippen LogP contribution in [0.4, 0.5) is 10.5 Å². The van der Waals surface area contributed by atoms with E-state index in [1.165, 1.54) is 11.3 Å². The smallest absolute Gasteiger partial charge is 0.412 e. The summed E-state index contributed by atoms with van der Waals surface area (Å²) in [4.78, 5) is 25.4. The van der Waals surface area contributed by atoms with Gasteiger partial charge in [0, 0.05) is 5.69 Å². The number of fused-ring (bicyclic) bond motifs is 1. The van der Waals surface area contributed by atoms with Crippen LogP contribution in [0.5, 0.6) is 11.5 Å². The first-order valence-electron chi connectivity index (χ1n) is 10.5. The Hall–Kier alpha value is -3.40. The van der Waals surface area contributed by atoms with Crippen LogP contribution in [0.15, 0.2) is 72.1 Å². The van der Waals surface area contributed by atoms with Gasteiger partial charge in [-0.2, -0.15) is 0 Å². The van der Waals surface area contributed by atoms with Crippen LogP contribution in [0.3, 0.4) is 0 Å². The van der Waals surface area contributed by atoms with Crippen molar-refractivity contribution in [2.45, 2.75) is 24.4 Å². The predicted octanol–water partition coefficient (Wildman–Crippen LogP) is 4.05. The van der Waals surface area contributed by atoms with Crippen LogP contribution in [-0.2, 0) is 14.2 Å². The Kier molecular flexibility index (Phi) is 6.25. The number of carbonyl (C=O) groups is 2. The van der Waals surface area contributed by atoms with E-state index in [0.717, 1.165) is 5.75 Å². The van der Waals surface area contributed by atoms with E-state index >= 15 is 0 Å². The second kappa shape index (κ2) is 9.62. The average Bonchev–Trinajstić information content (AvgIpc) is 3.57. The second-order valence-corrected chi connectivity index (χ2v) is 8.61. The van der Waals surface area contributed by atoms with Crippen molar-refractivity contribution in [3.63, 3.8) is 0 Å². The van der Waals surface area contributed by atoms with Crippen molar-refractivity contribution >= 4 is 29.0 Å². The first kappa shape index (κ1) is 21.4. The number of thiophene rings is 1. The molecule has 0 spiro atoms. The normalized spacial score (nSPS) is 23.5. The van der Waals surface area contributed by atoms with Crippen molar-refractivity contribution < 1.29 is 28.5 Å². The minimum Gasteiger partial charge on any atom is -0.457 e. The Balaban J connectivity index is 1.12. The Morgan fingerprint density at radius 1 is 0.879 bits per heavy atom. The lowest BCUT2D eigenvalue weighted by atomic mass is 10.1. The summed E-state index contributed by atoms with van der Waals surface area (Å²) in [6, 6.07) is 19.7. The van der Waals surface area contributed by atoms with Gasteiger partial charge in [-0.05, 0) is 47.8 Å². The van der Waals surface area contributed by atoms with Gasteiger partial charge in [-0.15, -0.1) is 11.3 Å². The number of anilines is 1. The van der Waals surface area contributed by atoms with Gasteiger partial charge < -0.3 is 24.3 Å². The molecule has 0 aliphatic carbocycles. The van der Waals surface area contributed by atoms with Crippen molar-refractivity contribution in [2.24, 2.45) is 0 Å². The molecule has 2 aliphatic heterocycles. The number of hydrogen-bond donors (Lipinski definition) is 2. The van der Waals surface area contributed by atoms with Crippen molar-refractivity contribution in [3.05, 3.63) is 77.0 Å². The molecular formula is C24H22N2O6S. The van der Waals surface area contributed by atoms with Crippen LogP contribution in [0.1, 0.15) is 9.67 Å². The molecule has 0 unspecified atom stereocenters. The molecule has 5 rings (SSSR count). The number of hydrogen-bond acceptors (Lipinski definition) is 7. The van der Waals surface area contributed by atoms with Crippen molar-refractivity contribution in [1.82, 2.24) is 5.32 Å². The van der Waals surface area contributed by atoms with Crippen LogP contribution in [0, 0.1) is 0 Å². The Labute approximate surface area is 194 Å². The number of carbonyl (C=O) groups excluding carboxylic acids is 2. The maximum atomic E-state index is 12.4. The van der Waals surface area contributed by atoms with Gasteiger partial charge in [0.05, 0.1) is 24.1 Å². The number of rotatable bonds is 6. The van der Waals surface area contributed by atoms with Crippen molar-refractivity contribution in [3.8, 4) is 11.5 Å². The summed E-state index contributed by atoms with van der Waals surface area (Å²) in [6.07, 6.45) is -1.94. The largest absolute Gasteiger partial charge is 0.457 e. The fourth-order valence-corrected chi connectivity index (χ4v) is 4.48. The van der Waals surface area contributed by atoms with Gasteiger partial charge in [0.15, 0.2) is 6.10 Å². The zero-order valence-corrected chi connectivity index (χ0v) is 18.3. The van der Waals surface area contributed by atoms with E-state index in [-0.39, 0.29) is 24.7 Å². The van der Waals surface area contributed by atoms with Gasteiger partial charge in [0.2, 0.25) is 0 Å². The highest BCUT2D eigenvalue weighted by Crippen LogP contribution is 2.30. The van der Waals surface area contributed by atoms with E-state index in [1.807, 2.05) is 41.8 Å². The maximum absolute atomic E-state index is 12.4. The van der Waals surface area contributed by atoms with Crippen LogP contribution >= 0.6 is 11.3 Å². The fraction of sp³-hybridized carbons (Fsp3) is 0.250. The van der Waals surface area contributed by atoms with Gasteiger partial charge in [-0.1, -0.05) is 24.3 Å². The lowest BCUT2D eigenvalue weighted by Crippen LogP contribution is -2.44. The molecule has 0 bridgehead atoms. The van der Waals surface area contributed by atoms with Gasteiger partial charge in [-0.3, -0.25) is 10.1 Å². The summed E-state index contributed by atoms with van der Waals surface area (Å²) in [5.74, 6) is 1.22. The first-order valence-corrected chi connectivity index (χ1v) is 11.4.